The molecule has 1 aliphatic carbocycles. The van der Waals surface area contributed by atoms with Gasteiger partial charge in [-0.05, 0) is 49.1 Å². The summed E-state index contributed by atoms with van der Waals surface area (Å²) in [5.41, 5.74) is 3.80. The summed E-state index contributed by atoms with van der Waals surface area (Å²) in [6, 6.07) is 13.6. The van der Waals surface area contributed by atoms with Crippen LogP contribution in [0.2, 0.25) is 5.02 Å². The predicted molar refractivity (Wildman–Crippen MR) is 155 cm³/mol. The highest BCUT2D eigenvalue weighted by Crippen LogP contribution is 2.36. The number of halogens is 1. The van der Waals surface area contributed by atoms with Crippen molar-refractivity contribution in [3.8, 4) is 17.1 Å². The molecule has 0 aliphatic heterocycles. The Bertz CT molecular complexity index is 1480. The predicted octanol–water partition coefficient (Wildman–Crippen LogP) is 6.22. The van der Waals surface area contributed by atoms with Gasteiger partial charge in [0.05, 0.1) is 12.2 Å². The minimum atomic E-state index is -1.20. The Morgan fingerprint density at radius 1 is 1.12 bits per heavy atom. The van der Waals surface area contributed by atoms with Crippen molar-refractivity contribution in [1.82, 2.24) is 19.5 Å². The van der Waals surface area contributed by atoms with Crippen molar-refractivity contribution >= 4 is 34.6 Å². The SMILES string of the molecule is COCCCOc1ccc(C)cc1-c1nc2nc(C(=O)O)nc(NCCC3CCC3)c2n1Cc1ccc(Cl)cc1. The monoisotopic (exact) mass is 563 g/mol. The first-order chi connectivity index (χ1) is 19.4. The van der Waals surface area contributed by atoms with Crippen LogP contribution >= 0.6 is 11.6 Å². The van der Waals surface area contributed by atoms with Gasteiger partial charge in [0.25, 0.3) is 0 Å². The third kappa shape index (κ3) is 6.37. The van der Waals surface area contributed by atoms with Crippen LogP contribution in [0.1, 0.15) is 53.8 Å². The highest BCUT2D eigenvalue weighted by atomic mass is 35.5. The van der Waals surface area contributed by atoms with E-state index in [1.54, 1.807) is 7.11 Å². The van der Waals surface area contributed by atoms with Gasteiger partial charge in [-0.1, -0.05) is 54.6 Å². The maximum atomic E-state index is 12.0. The van der Waals surface area contributed by atoms with Crippen LogP contribution in [0.25, 0.3) is 22.6 Å². The zero-order chi connectivity index (χ0) is 28.1. The van der Waals surface area contributed by atoms with Gasteiger partial charge in [-0.3, -0.25) is 0 Å². The summed E-state index contributed by atoms with van der Waals surface area (Å²) in [6.45, 7) is 4.24. The van der Waals surface area contributed by atoms with E-state index in [2.05, 4.69) is 15.3 Å². The van der Waals surface area contributed by atoms with Crippen molar-refractivity contribution in [2.75, 3.05) is 32.2 Å². The summed E-state index contributed by atoms with van der Waals surface area (Å²) >= 11 is 6.17. The molecule has 9 nitrogen and oxygen atoms in total. The molecule has 0 atom stereocenters. The second-order valence-electron chi connectivity index (χ2n) is 10.2. The zero-order valence-electron chi connectivity index (χ0n) is 22.8. The summed E-state index contributed by atoms with van der Waals surface area (Å²) in [5.74, 6) is 0.972. The Labute approximate surface area is 238 Å². The van der Waals surface area contributed by atoms with Gasteiger partial charge in [0, 0.05) is 38.2 Å². The molecule has 10 heteroatoms. The molecule has 2 heterocycles. The Kier molecular flexibility index (Phi) is 8.81. The van der Waals surface area contributed by atoms with Gasteiger partial charge in [0.2, 0.25) is 5.82 Å². The molecular weight excluding hydrogens is 530 g/mol. The number of fused-ring (bicyclic) bond motifs is 1. The number of anilines is 1. The molecule has 210 valence electrons. The molecule has 1 aliphatic rings. The number of carboxylic acids is 1. The van der Waals surface area contributed by atoms with E-state index in [-0.39, 0.29) is 5.82 Å². The van der Waals surface area contributed by atoms with Crippen molar-refractivity contribution < 1.29 is 19.4 Å². The van der Waals surface area contributed by atoms with Gasteiger partial charge < -0.3 is 24.5 Å². The molecule has 1 fully saturated rings. The number of benzene rings is 2. The smallest absolute Gasteiger partial charge is 0.374 e. The lowest BCUT2D eigenvalue weighted by atomic mass is 9.83. The van der Waals surface area contributed by atoms with Crippen LogP contribution in [0.15, 0.2) is 42.5 Å². The second kappa shape index (κ2) is 12.7. The van der Waals surface area contributed by atoms with Crippen LogP contribution in [0.3, 0.4) is 0 Å². The first-order valence-corrected chi connectivity index (χ1v) is 14.0. The average molecular weight is 564 g/mol. The van der Waals surface area contributed by atoms with E-state index in [0.717, 1.165) is 29.5 Å². The van der Waals surface area contributed by atoms with Crippen LogP contribution in [0.4, 0.5) is 5.82 Å². The molecule has 0 unspecified atom stereocenters. The Morgan fingerprint density at radius 2 is 1.93 bits per heavy atom. The van der Waals surface area contributed by atoms with E-state index in [1.165, 1.54) is 19.3 Å². The number of aromatic nitrogens is 4. The summed E-state index contributed by atoms with van der Waals surface area (Å²) in [6.07, 6.45) is 5.49. The van der Waals surface area contributed by atoms with Crippen molar-refractivity contribution in [2.45, 2.75) is 45.6 Å². The van der Waals surface area contributed by atoms with E-state index in [4.69, 9.17) is 26.1 Å². The van der Waals surface area contributed by atoms with Crippen molar-refractivity contribution in [1.29, 1.82) is 0 Å². The summed E-state index contributed by atoms with van der Waals surface area (Å²) in [4.78, 5) is 25.6. The molecule has 5 rings (SSSR count). The Hall–Kier alpha value is -3.69. The molecule has 0 amide bonds. The van der Waals surface area contributed by atoms with Crippen molar-refractivity contribution in [3.63, 3.8) is 0 Å². The fourth-order valence-electron chi connectivity index (χ4n) is 4.89. The number of methoxy groups -OCH3 is 1. The molecule has 40 heavy (non-hydrogen) atoms. The number of ether oxygens (including phenoxy) is 2. The largest absolute Gasteiger partial charge is 0.493 e. The van der Waals surface area contributed by atoms with Gasteiger partial charge in [-0.15, -0.1) is 0 Å². The second-order valence-corrected chi connectivity index (χ2v) is 10.7. The number of rotatable bonds is 13. The number of hydrogen-bond donors (Lipinski definition) is 2. The van der Waals surface area contributed by atoms with Crippen LogP contribution < -0.4 is 10.1 Å². The average Bonchev–Trinajstić information content (AvgIpc) is 3.28. The third-order valence-corrected chi connectivity index (χ3v) is 7.50. The van der Waals surface area contributed by atoms with Gasteiger partial charge in [-0.25, -0.2) is 19.7 Å². The molecule has 2 aromatic carbocycles. The quantitative estimate of drug-likeness (QED) is 0.184. The third-order valence-electron chi connectivity index (χ3n) is 7.24. The number of aryl methyl sites for hydroxylation is 1. The van der Waals surface area contributed by atoms with E-state index in [0.29, 0.717) is 65.8 Å². The first kappa shape index (κ1) is 27.9. The molecule has 0 spiro atoms. The van der Waals surface area contributed by atoms with Crippen LogP contribution in [-0.2, 0) is 11.3 Å². The Morgan fingerprint density at radius 3 is 2.62 bits per heavy atom. The lowest BCUT2D eigenvalue weighted by molar-refractivity contribution is 0.0684. The highest BCUT2D eigenvalue weighted by molar-refractivity contribution is 6.30. The molecular formula is C30H34ClN5O4. The minimum Gasteiger partial charge on any atom is -0.493 e. The number of imidazole rings is 1. The number of hydrogen-bond acceptors (Lipinski definition) is 7. The van der Waals surface area contributed by atoms with Crippen molar-refractivity contribution in [2.24, 2.45) is 5.92 Å². The standard InChI is InChI=1S/C30H34ClN5O4/c1-19-7-12-24(40-16-4-15-39-2)23(17-19)29-35-27-25(36(29)18-21-8-10-22(31)11-9-21)26(33-28(34-27)30(37)38)32-14-13-20-5-3-6-20/h7-12,17,20H,3-6,13-16,18H2,1-2H3,(H,37,38)(H,32,33,34). The normalized spacial score (nSPS) is 13.4. The fourth-order valence-corrected chi connectivity index (χ4v) is 5.02. The lowest BCUT2D eigenvalue weighted by Crippen LogP contribution is -2.17. The van der Waals surface area contributed by atoms with Crippen LogP contribution in [0.5, 0.6) is 5.75 Å². The van der Waals surface area contributed by atoms with E-state index >= 15 is 0 Å². The number of carboxylic acid groups (broad SMARTS) is 1. The van der Waals surface area contributed by atoms with Gasteiger partial charge in [0.15, 0.2) is 11.5 Å². The molecule has 2 N–H and O–H groups in total. The molecule has 0 bridgehead atoms. The molecule has 1 saturated carbocycles. The lowest BCUT2D eigenvalue weighted by Gasteiger charge is -2.25. The summed E-state index contributed by atoms with van der Waals surface area (Å²) < 4.78 is 13.4. The maximum Gasteiger partial charge on any atom is 0.374 e. The van der Waals surface area contributed by atoms with E-state index in [9.17, 15) is 9.90 Å². The fraction of sp³-hybridized carbons (Fsp3) is 0.400. The highest BCUT2D eigenvalue weighted by Gasteiger charge is 2.24. The number of nitrogens with one attached hydrogen (secondary N) is 1. The maximum absolute atomic E-state index is 12.0. The topological polar surface area (TPSA) is 111 Å². The molecule has 0 radical (unpaired) electrons. The zero-order valence-corrected chi connectivity index (χ0v) is 23.6. The van der Waals surface area contributed by atoms with Crippen LogP contribution in [0, 0.1) is 12.8 Å². The molecule has 0 saturated heterocycles. The molecule has 2 aromatic heterocycles. The summed E-state index contributed by atoms with van der Waals surface area (Å²) in [7, 11) is 1.67. The molecule has 4 aromatic rings. The van der Waals surface area contributed by atoms with Crippen LogP contribution in [-0.4, -0.2) is 57.5 Å². The minimum absolute atomic E-state index is 0.290. The first-order valence-electron chi connectivity index (χ1n) is 13.7. The van der Waals surface area contributed by atoms with E-state index < -0.39 is 5.97 Å². The van der Waals surface area contributed by atoms with Gasteiger partial charge in [-0.2, -0.15) is 0 Å². The number of aromatic carboxylic acids is 1. The number of nitrogens with zero attached hydrogens (tertiary/aromatic N) is 4. The van der Waals surface area contributed by atoms with Crippen molar-refractivity contribution in [3.05, 3.63) is 64.4 Å². The number of carbonyl (C=O) groups is 1. The van der Waals surface area contributed by atoms with Gasteiger partial charge >= 0.3 is 5.97 Å². The van der Waals surface area contributed by atoms with Gasteiger partial charge in [0.1, 0.15) is 17.1 Å². The summed E-state index contributed by atoms with van der Waals surface area (Å²) in [5, 5.41) is 13.8. The Balaban J connectivity index is 1.64. The van der Waals surface area contributed by atoms with E-state index in [1.807, 2.05) is 54.0 Å².